The monoisotopic (exact) mass is 356 g/mol. The summed E-state index contributed by atoms with van der Waals surface area (Å²) in [5, 5.41) is 2.86. The fraction of sp³-hybridized carbons (Fsp3) is 0.500. The van der Waals surface area contributed by atoms with Gasteiger partial charge in [0.05, 0.1) is 17.9 Å². The molecule has 1 amide bonds. The van der Waals surface area contributed by atoms with Crippen LogP contribution < -0.4 is 10.9 Å². The van der Waals surface area contributed by atoms with Crippen molar-refractivity contribution in [2.24, 2.45) is 7.05 Å². The molecule has 26 heavy (non-hydrogen) atoms. The quantitative estimate of drug-likeness (QED) is 0.916. The molecule has 0 atom stereocenters. The number of carbonyl (C=O) groups excluding carboxylic acids is 1. The zero-order chi connectivity index (χ0) is 18.5. The third-order valence-electron chi connectivity index (χ3n) is 5.13. The summed E-state index contributed by atoms with van der Waals surface area (Å²) in [5.74, 6) is -0.114. The summed E-state index contributed by atoms with van der Waals surface area (Å²) in [6.45, 7) is 4.11. The van der Waals surface area contributed by atoms with Crippen LogP contribution in [-0.4, -0.2) is 39.8 Å². The van der Waals surface area contributed by atoms with E-state index in [1.165, 1.54) is 19.3 Å². The number of rotatable bonds is 4. The lowest BCUT2D eigenvalue weighted by molar-refractivity contribution is -0.117. The van der Waals surface area contributed by atoms with Gasteiger partial charge in [0.25, 0.3) is 5.56 Å². The van der Waals surface area contributed by atoms with Crippen LogP contribution in [0.4, 0.5) is 5.69 Å². The van der Waals surface area contributed by atoms with Crippen molar-refractivity contribution in [3.8, 4) is 5.69 Å². The Morgan fingerprint density at radius 2 is 1.65 bits per heavy atom. The third kappa shape index (κ3) is 4.07. The van der Waals surface area contributed by atoms with Crippen molar-refractivity contribution in [3.63, 3.8) is 0 Å². The van der Waals surface area contributed by atoms with Crippen LogP contribution in [0.1, 0.15) is 37.8 Å². The Hall–Kier alpha value is -2.34. The second kappa shape index (κ2) is 8.36. The number of anilines is 1. The van der Waals surface area contributed by atoms with E-state index in [0.717, 1.165) is 37.3 Å². The zero-order valence-electron chi connectivity index (χ0n) is 15.7. The number of nitrogens with zero attached hydrogens (tertiary/aromatic N) is 3. The molecule has 6 nitrogen and oxygen atoms in total. The van der Waals surface area contributed by atoms with E-state index >= 15 is 0 Å². The highest BCUT2D eigenvalue weighted by Crippen LogP contribution is 2.14. The van der Waals surface area contributed by atoms with Gasteiger partial charge in [-0.05, 0) is 45.0 Å². The Labute approximate surface area is 154 Å². The van der Waals surface area contributed by atoms with Gasteiger partial charge in [-0.3, -0.25) is 19.2 Å². The highest BCUT2D eigenvalue weighted by Gasteiger charge is 2.19. The van der Waals surface area contributed by atoms with E-state index in [1.807, 2.05) is 44.3 Å². The molecular weight excluding hydrogens is 328 g/mol. The van der Waals surface area contributed by atoms with Gasteiger partial charge in [-0.1, -0.05) is 37.5 Å². The molecule has 1 saturated heterocycles. The molecule has 1 N–H and O–H groups in total. The van der Waals surface area contributed by atoms with E-state index in [4.69, 9.17) is 0 Å². The number of hydrogen-bond donors (Lipinski definition) is 1. The molecule has 1 aliphatic rings. The van der Waals surface area contributed by atoms with Gasteiger partial charge in [0, 0.05) is 7.05 Å². The number of carbonyl (C=O) groups is 1. The molecule has 1 aromatic carbocycles. The largest absolute Gasteiger partial charge is 0.319 e. The number of benzene rings is 1. The maximum Gasteiger partial charge on any atom is 0.295 e. The summed E-state index contributed by atoms with van der Waals surface area (Å²) in [6.07, 6.45) is 6.04. The first kappa shape index (κ1) is 18.5. The van der Waals surface area contributed by atoms with Gasteiger partial charge in [0.15, 0.2) is 0 Å². The van der Waals surface area contributed by atoms with Crippen LogP contribution in [-0.2, 0) is 11.8 Å². The second-order valence-electron chi connectivity index (χ2n) is 7.03. The van der Waals surface area contributed by atoms with Crippen LogP contribution in [0.15, 0.2) is 35.1 Å². The van der Waals surface area contributed by atoms with E-state index < -0.39 is 0 Å². The minimum absolute atomic E-state index is 0.114. The summed E-state index contributed by atoms with van der Waals surface area (Å²) in [6, 6.07) is 9.46. The number of nitrogens with one attached hydrogen (secondary N) is 1. The minimum atomic E-state index is -0.197. The standard InChI is InChI=1S/C20H28N4O2/c1-16-19(20(26)24(22(16)2)17-11-7-6-8-12-17)21-18(25)15-23-13-9-4-3-5-10-14-23/h6-8,11-12H,3-5,9-10,13-15H2,1-2H3,(H,21,25). The normalized spacial score (nSPS) is 16.1. The summed E-state index contributed by atoms with van der Waals surface area (Å²) in [4.78, 5) is 27.6. The number of likely N-dealkylation sites (tertiary alicyclic amines) is 1. The molecular formula is C20H28N4O2. The molecule has 6 heteroatoms. The van der Waals surface area contributed by atoms with Gasteiger partial charge in [-0.2, -0.15) is 0 Å². The van der Waals surface area contributed by atoms with E-state index in [-0.39, 0.29) is 11.5 Å². The first-order chi connectivity index (χ1) is 12.6. The molecule has 0 bridgehead atoms. The number of para-hydroxylation sites is 1. The lowest BCUT2D eigenvalue weighted by atomic mass is 10.1. The van der Waals surface area contributed by atoms with Crippen LogP contribution in [0.25, 0.3) is 5.69 Å². The molecule has 1 fully saturated rings. The lowest BCUT2D eigenvalue weighted by Gasteiger charge is -2.23. The maximum absolute atomic E-state index is 12.9. The summed E-state index contributed by atoms with van der Waals surface area (Å²) < 4.78 is 3.37. The SMILES string of the molecule is Cc1c(NC(=O)CN2CCCCCCC2)c(=O)n(-c2ccccc2)n1C. The molecule has 1 aromatic heterocycles. The topological polar surface area (TPSA) is 59.3 Å². The van der Waals surface area contributed by atoms with Crippen molar-refractivity contribution in [1.82, 2.24) is 14.3 Å². The molecule has 0 unspecified atom stereocenters. The number of aromatic nitrogens is 2. The van der Waals surface area contributed by atoms with Gasteiger partial charge in [-0.25, -0.2) is 4.68 Å². The Kier molecular flexibility index (Phi) is 5.93. The third-order valence-corrected chi connectivity index (χ3v) is 5.13. The van der Waals surface area contributed by atoms with E-state index in [9.17, 15) is 9.59 Å². The number of hydrogen-bond acceptors (Lipinski definition) is 3. The Balaban J connectivity index is 1.75. The van der Waals surface area contributed by atoms with Crippen molar-refractivity contribution in [3.05, 3.63) is 46.4 Å². The predicted octanol–water partition coefficient (Wildman–Crippen LogP) is 2.69. The first-order valence-electron chi connectivity index (χ1n) is 9.44. The average molecular weight is 356 g/mol. The Morgan fingerprint density at radius 3 is 2.31 bits per heavy atom. The highest BCUT2D eigenvalue weighted by molar-refractivity contribution is 5.92. The smallest absolute Gasteiger partial charge is 0.295 e. The molecule has 0 aliphatic carbocycles. The van der Waals surface area contributed by atoms with E-state index in [1.54, 1.807) is 9.36 Å². The van der Waals surface area contributed by atoms with Crippen molar-refractivity contribution in [2.75, 3.05) is 25.0 Å². The van der Waals surface area contributed by atoms with E-state index in [0.29, 0.717) is 12.2 Å². The molecule has 0 saturated carbocycles. The molecule has 2 aromatic rings. The molecule has 0 radical (unpaired) electrons. The van der Waals surface area contributed by atoms with Crippen molar-refractivity contribution < 1.29 is 4.79 Å². The zero-order valence-corrected chi connectivity index (χ0v) is 15.7. The van der Waals surface area contributed by atoms with Crippen LogP contribution in [0.5, 0.6) is 0 Å². The van der Waals surface area contributed by atoms with Crippen LogP contribution in [0.3, 0.4) is 0 Å². The van der Waals surface area contributed by atoms with Crippen LogP contribution in [0.2, 0.25) is 0 Å². The fourth-order valence-corrected chi connectivity index (χ4v) is 3.57. The second-order valence-corrected chi connectivity index (χ2v) is 7.03. The van der Waals surface area contributed by atoms with Gasteiger partial charge in [-0.15, -0.1) is 0 Å². The fourth-order valence-electron chi connectivity index (χ4n) is 3.57. The van der Waals surface area contributed by atoms with Gasteiger partial charge < -0.3 is 5.32 Å². The Morgan fingerprint density at radius 1 is 1.04 bits per heavy atom. The Bertz CT molecular complexity index is 799. The average Bonchev–Trinajstić information content (AvgIpc) is 2.81. The molecule has 3 rings (SSSR count). The van der Waals surface area contributed by atoms with Crippen molar-refractivity contribution in [1.29, 1.82) is 0 Å². The van der Waals surface area contributed by atoms with Gasteiger partial charge >= 0.3 is 0 Å². The van der Waals surface area contributed by atoms with Crippen LogP contribution in [0, 0.1) is 6.92 Å². The molecule has 1 aliphatic heterocycles. The van der Waals surface area contributed by atoms with Crippen molar-refractivity contribution >= 4 is 11.6 Å². The van der Waals surface area contributed by atoms with Crippen molar-refractivity contribution in [2.45, 2.75) is 39.0 Å². The molecule has 140 valence electrons. The molecule has 0 spiro atoms. The summed E-state index contributed by atoms with van der Waals surface area (Å²) >= 11 is 0. The summed E-state index contributed by atoms with van der Waals surface area (Å²) in [7, 11) is 1.83. The molecule has 2 heterocycles. The predicted molar refractivity (Wildman–Crippen MR) is 104 cm³/mol. The first-order valence-corrected chi connectivity index (χ1v) is 9.44. The highest BCUT2D eigenvalue weighted by atomic mass is 16.2. The van der Waals surface area contributed by atoms with Gasteiger partial charge in [0.2, 0.25) is 5.91 Å². The van der Waals surface area contributed by atoms with E-state index in [2.05, 4.69) is 10.2 Å². The maximum atomic E-state index is 12.9. The van der Waals surface area contributed by atoms with Gasteiger partial charge in [0.1, 0.15) is 5.69 Å². The minimum Gasteiger partial charge on any atom is -0.319 e. The summed E-state index contributed by atoms with van der Waals surface area (Å²) in [5.41, 5.74) is 1.71. The van der Waals surface area contributed by atoms with Crippen LogP contribution >= 0.6 is 0 Å². The lowest BCUT2D eigenvalue weighted by Crippen LogP contribution is -2.36. The number of amides is 1.